The van der Waals surface area contributed by atoms with Gasteiger partial charge in [-0.05, 0) is 25.7 Å². The van der Waals surface area contributed by atoms with Crippen LogP contribution in [0.3, 0.4) is 0 Å². The van der Waals surface area contributed by atoms with Gasteiger partial charge in [-0.15, -0.1) is 0 Å². The molecule has 0 rings (SSSR count). The SMILES string of the molecule is CCCC/C=C/CCCCCCO. The van der Waals surface area contributed by atoms with E-state index in [4.69, 9.17) is 5.11 Å². The minimum Gasteiger partial charge on any atom is -0.396 e. The number of unbranched alkanes of at least 4 members (excludes halogenated alkanes) is 6. The van der Waals surface area contributed by atoms with E-state index in [-0.39, 0.29) is 0 Å². The predicted octanol–water partition coefficient (Wildman–Crippen LogP) is 3.68. The molecular formula is C12H24O. The molecule has 0 aromatic rings. The third-order valence-electron chi connectivity index (χ3n) is 2.17. The fourth-order valence-electron chi connectivity index (χ4n) is 1.29. The van der Waals surface area contributed by atoms with Gasteiger partial charge in [0.2, 0.25) is 0 Å². The molecular weight excluding hydrogens is 160 g/mol. The fraction of sp³-hybridized carbons (Fsp3) is 0.833. The molecule has 0 saturated carbocycles. The third-order valence-corrected chi connectivity index (χ3v) is 2.17. The van der Waals surface area contributed by atoms with Crippen LogP contribution in [0.25, 0.3) is 0 Å². The van der Waals surface area contributed by atoms with Crippen molar-refractivity contribution in [2.24, 2.45) is 0 Å². The number of aliphatic hydroxyl groups excluding tert-OH is 1. The Kier molecular flexibility index (Phi) is 11.4. The van der Waals surface area contributed by atoms with Gasteiger partial charge in [-0.1, -0.05) is 44.8 Å². The van der Waals surface area contributed by atoms with Crippen molar-refractivity contribution in [3.05, 3.63) is 12.2 Å². The lowest BCUT2D eigenvalue weighted by Gasteiger charge is -1.95. The van der Waals surface area contributed by atoms with Gasteiger partial charge in [-0.2, -0.15) is 0 Å². The number of hydrogen-bond donors (Lipinski definition) is 1. The van der Waals surface area contributed by atoms with Crippen LogP contribution < -0.4 is 0 Å². The quantitative estimate of drug-likeness (QED) is 0.428. The van der Waals surface area contributed by atoms with E-state index >= 15 is 0 Å². The zero-order chi connectivity index (χ0) is 9.78. The first-order valence-electron chi connectivity index (χ1n) is 5.67. The van der Waals surface area contributed by atoms with E-state index < -0.39 is 0 Å². The van der Waals surface area contributed by atoms with Gasteiger partial charge in [0.25, 0.3) is 0 Å². The highest BCUT2D eigenvalue weighted by atomic mass is 16.2. The zero-order valence-electron chi connectivity index (χ0n) is 8.97. The molecule has 0 saturated heterocycles. The maximum atomic E-state index is 8.55. The van der Waals surface area contributed by atoms with E-state index in [2.05, 4.69) is 19.1 Å². The first-order chi connectivity index (χ1) is 6.41. The van der Waals surface area contributed by atoms with Gasteiger partial charge in [-0.3, -0.25) is 0 Å². The molecule has 0 aromatic carbocycles. The summed E-state index contributed by atoms with van der Waals surface area (Å²) in [6.45, 7) is 2.58. The van der Waals surface area contributed by atoms with Gasteiger partial charge in [0.15, 0.2) is 0 Å². The highest BCUT2D eigenvalue weighted by Crippen LogP contribution is 2.04. The minimum atomic E-state index is 0.354. The molecule has 1 nitrogen and oxygen atoms in total. The molecule has 13 heavy (non-hydrogen) atoms. The normalized spacial score (nSPS) is 11.2. The highest BCUT2D eigenvalue weighted by molar-refractivity contribution is 4.80. The monoisotopic (exact) mass is 184 g/mol. The summed E-state index contributed by atoms with van der Waals surface area (Å²) in [5.74, 6) is 0. The van der Waals surface area contributed by atoms with Gasteiger partial charge in [0.1, 0.15) is 0 Å². The second-order valence-corrected chi connectivity index (χ2v) is 3.54. The van der Waals surface area contributed by atoms with Crippen molar-refractivity contribution in [2.45, 2.75) is 58.3 Å². The molecule has 78 valence electrons. The maximum absolute atomic E-state index is 8.55. The van der Waals surface area contributed by atoms with Crippen LogP contribution in [0, 0.1) is 0 Å². The highest BCUT2D eigenvalue weighted by Gasteiger charge is 1.86. The first-order valence-corrected chi connectivity index (χ1v) is 5.67. The standard InChI is InChI=1S/C12H24O/c1-2-3-4-5-6-7-8-9-10-11-12-13/h5-6,13H,2-4,7-12H2,1H3/b6-5+. The lowest BCUT2D eigenvalue weighted by molar-refractivity contribution is 0.282. The Morgan fingerprint density at radius 1 is 0.846 bits per heavy atom. The number of rotatable bonds is 9. The summed E-state index contributed by atoms with van der Waals surface area (Å²) in [5, 5.41) is 8.55. The van der Waals surface area contributed by atoms with Crippen molar-refractivity contribution in [1.29, 1.82) is 0 Å². The number of aliphatic hydroxyl groups is 1. The lowest BCUT2D eigenvalue weighted by atomic mass is 10.1. The summed E-state index contributed by atoms with van der Waals surface area (Å²) in [6, 6.07) is 0. The number of hydrogen-bond acceptors (Lipinski definition) is 1. The molecule has 0 unspecified atom stereocenters. The molecule has 0 aliphatic heterocycles. The Labute approximate surface area is 82.9 Å². The Hall–Kier alpha value is -0.300. The summed E-state index contributed by atoms with van der Waals surface area (Å²) in [7, 11) is 0. The molecule has 0 heterocycles. The predicted molar refractivity (Wildman–Crippen MR) is 58.8 cm³/mol. The minimum absolute atomic E-state index is 0.354. The van der Waals surface area contributed by atoms with Gasteiger partial charge in [0, 0.05) is 6.61 Å². The van der Waals surface area contributed by atoms with Crippen LogP contribution >= 0.6 is 0 Å². The molecule has 0 radical (unpaired) electrons. The molecule has 0 amide bonds. The average Bonchev–Trinajstić information content (AvgIpc) is 2.16. The molecule has 0 aliphatic carbocycles. The molecule has 0 spiro atoms. The van der Waals surface area contributed by atoms with E-state index in [0.29, 0.717) is 6.61 Å². The molecule has 0 aromatic heterocycles. The van der Waals surface area contributed by atoms with Crippen LogP contribution in [0.4, 0.5) is 0 Å². The van der Waals surface area contributed by atoms with Gasteiger partial charge in [-0.25, -0.2) is 0 Å². The first kappa shape index (κ1) is 12.7. The fourth-order valence-corrected chi connectivity index (χ4v) is 1.29. The summed E-state index contributed by atoms with van der Waals surface area (Å²) < 4.78 is 0. The van der Waals surface area contributed by atoms with Crippen LogP contribution in [-0.2, 0) is 0 Å². The van der Waals surface area contributed by atoms with Crippen molar-refractivity contribution >= 4 is 0 Å². The summed E-state index contributed by atoms with van der Waals surface area (Å²) >= 11 is 0. The van der Waals surface area contributed by atoms with Gasteiger partial charge < -0.3 is 5.11 Å². The Bertz CT molecular complexity index is 108. The average molecular weight is 184 g/mol. The van der Waals surface area contributed by atoms with Gasteiger partial charge >= 0.3 is 0 Å². The Morgan fingerprint density at radius 2 is 1.46 bits per heavy atom. The van der Waals surface area contributed by atoms with Crippen molar-refractivity contribution in [2.75, 3.05) is 6.61 Å². The second-order valence-electron chi connectivity index (χ2n) is 3.54. The molecule has 0 aliphatic rings. The zero-order valence-corrected chi connectivity index (χ0v) is 8.97. The van der Waals surface area contributed by atoms with Crippen LogP contribution in [0.15, 0.2) is 12.2 Å². The topological polar surface area (TPSA) is 20.2 Å². The van der Waals surface area contributed by atoms with Gasteiger partial charge in [0.05, 0.1) is 0 Å². The summed E-state index contributed by atoms with van der Waals surface area (Å²) in [5.41, 5.74) is 0. The van der Waals surface area contributed by atoms with E-state index in [9.17, 15) is 0 Å². The second kappa shape index (κ2) is 11.7. The van der Waals surface area contributed by atoms with E-state index in [0.717, 1.165) is 6.42 Å². The smallest absolute Gasteiger partial charge is 0.0431 e. The summed E-state index contributed by atoms with van der Waals surface area (Å²) in [6.07, 6.45) is 14.4. The third kappa shape index (κ3) is 11.7. The maximum Gasteiger partial charge on any atom is 0.0431 e. The van der Waals surface area contributed by atoms with E-state index in [1.807, 2.05) is 0 Å². The van der Waals surface area contributed by atoms with Crippen molar-refractivity contribution < 1.29 is 5.11 Å². The number of allylic oxidation sites excluding steroid dienone is 2. The van der Waals surface area contributed by atoms with Crippen LogP contribution in [0.1, 0.15) is 58.3 Å². The molecule has 1 N–H and O–H groups in total. The molecule has 0 bridgehead atoms. The van der Waals surface area contributed by atoms with E-state index in [1.54, 1.807) is 0 Å². The molecule has 1 heteroatoms. The Morgan fingerprint density at radius 3 is 2.08 bits per heavy atom. The van der Waals surface area contributed by atoms with Crippen molar-refractivity contribution in [3.8, 4) is 0 Å². The van der Waals surface area contributed by atoms with Crippen molar-refractivity contribution in [3.63, 3.8) is 0 Å². The Balaban J connectivity index is 2.93. The largest absolute Gasteiger partial charge is 0.396 e. The summed E-state index contributed by atoms with van der Waals surface area (Å²) in [4.78, 5) is 0. The van der Waals surface area contributed by atoms with Crippen LogP contribution in [0.5, 0.6) is 0 Å². The van der Waals surface area contributed by atoms with Crippen LogP contribution in [0.2, 0.25) is 0 Å². The molecule has 0 fully saturated rings. The van der Waals surface area contributed by atoms with Crippen molar-refractivity contribution in [1.82, 2.24) is 0 Å². The molecule has 0 atom stereocenters. The van der Waals surface area contributed by atoms with E-state index in [1.165, 1.54) is 44.9 Å². The lowest BCUT2D eigenvalue weighted by Crippen LogP contribution is -1.82. The van der Waals surface area contributed by atoms with Crippen LogP contribution in [-0.4, -0.2) is 11.7 Å².